The minimum absolute atomic E-state index is 0.0566. The van der Waals surface area contributed by atoms with Crippen molar-refractivity contribution >= 4 is 22.2 Å². The molecule has 2 N–H and O–H groups in total. The van der Waals surface area contributed by atoms with Crippen LogP contribution in [0, 0.1) is 0 Å². The standard InChI is InChI=1S/C14H14N2S/c1-10(15)12-9-16(14-7-4-8-17-14)13-6-3-2-5-11(12)13/h2-10H,15H2,1H3. The first-order chi connectivity index (χ1) is 8.27. The van der Waals surface area contributed by atoms with Crippen molar-refractivity contribution < 1.29 is 0 Å². The topological polar surface area (TPSA) is 30.9 Å². The molecule has 0 aliphatic rings. The first-order valence-corrected chi connectivity index (χ1v) is 6.55. The maximum absolute atomic E-state index is 6.04. The zero-order chi connectivity index (χ0) is 11.8. The van der Waals surface area contributed by atoms with Crippen molar-refractivity contribution in [2.75, 3.05) is 0 Å². The van der Waals surface area contributed by atoms with Crippen molar-refractivity contribution in [2.24, 2.45) is 5.73 Å². The maximum Gasteiger partial charge on any atom is 0.0994 e. The summed E-state index contributed by atoms with van der Waals surface area (Å²) in [5, 5.41) is 4.57. The summed E-state index contributed by atoms with van der Waals surface area (Å²) in [5.74, 6) is 0. The number of nitrogens with two attached hydrogens (primary N) is 1. The quantitative estimate of drug-likeness (QED) is 0.729. The van der Waals surface area contributed by atoms with Gasteiger partial charge in [0, 0.05) is 17.6 Å². The van der Waals surface area contributed by atoms with Crippen molar-refractivity contribution in [3.05, 3.63) is 53.5 Å². The molecule has 2 aromatic heterocycles. The van der Waals surface area contributed by atoms with E-state index < -0.39 is 0 Å². The van der Waals surface area contributed by atoms with Crippen LogP contribution in [0.1, 0.15) is 18.5 Å². The number of hydrogen-bond donors (Lipinski definition) is 1. The summed E-state index contributed by atoms with van der Waals surface area (Å²) in [6.45, 7) is 2.03. The largest absolute Gasteiger partial charge is 0.324 e. The molecule has 17 heavy (non-hydrogen) atoms. The molecule has 3 rings (SSSR count). The van der Waals surface area contributed by atoms with Crippen molar-refractivity contribution in [1.82, 2.24) is 4.57 Å². The minimum atomic E-state index is 0.0566. The summed E-state index contributed by atoms with van der Waals surface area (Å²) in [6, 6.07) is 12.7. The van der Waals surface area contributed by atoms with Gasteiger partial charge in [0.25, 0.3) is 0 Å². The van der Waals surface area contributed by atoms with Crippen LogP contribution in [0.15, 0.2) is 48.0 Å². The highest BCUT2D eigenvalue weighted by Crippen LogP contribution is 2.29. The Morgan fingerprint density at radius 3 is 2.71 bits per heavy atom. The Balaban J connectivity index is 2.33. The number of hydrogen-bond acceptors (Lipinski definition) is 2. The molecule has 0 radical (unpaired) electrons. The Morgan fingerprint density at radius 2 is 2.00 bits per heavy atom. The summed E-state index contributed by atoms with van der Waals surface area (Å²) < 4.78 is 2.22. The summed E-state index contributed by atoms with van der Waals surface area (Å²) in [7, 11) is 0. The molecule has 3 heteroatoms. The van der Waals surface area contributed by atoms with Gasteiger partial charge in [0.2, 0.25) is 0 Å². The fourth-order valence-corrected chi connectivity index (χ4v) is 2.88. The van der Waals surface area contributed by atoms with E-state index in [-0.39, 0.29) is 6.04 Å². The van der Waals surface area contributed by atoms with E-state index in [0.29, 0.717) is 0 Å². The molecule has 0 amide bonds. The zero-order valence-electron chi connectivity index (χ0n) is 9.63. The van der Waals surface area contributed by atoms with Crippen molar-refractivity contribution in [3.63, 3.8) is 0 Å². The average molecular weight is 242 g/mol. The van der Waals surface area contributed by atoms with Gasteiger partial charge in [-0.2, -0.15) is 0 Å². The fraction of sp³-hybridized carbons (Fsp3) is 0.143. The summed E-state index contributed by atoms with van der Waals surface area (Å²) in [6.07, 6.45) is 2.15. The van der Waals surface area contributed by atoms with Gasteiger partial charge in [0.05, 0.1) is 10.5 Å². The smallest absolute Gasteiger partial charge is 0.0994 e. The van der Waals surface area contributed by atoms with E-state index in [2.05, 4.69) is 52.5 Å². The second-order valence-electron chi connectivity index (χ2n) is 4.21. The molecule has 0 fully saturated rings. The van der Waals surface area contributed by atoms with Crippen LogP contribution in [0.3, 0.4) is 0 Å². The Kier molecular flexibility index (Phi) is 2.50. The lowest BCUT2D eigenvalue weighted by atomic mass is 10.1. The minimum Gasteiger partial charge on any atom is -0.324 e. The Bertz CT molecular complexity index is 635. The van der Waals surface area contributed by atoms with Crippen LogP contribution in [0.25, 0.3) is 15.9 Å². The van der Waals surface area contributed by atoms with Gasteiger partial charge in [-0.3, -0.25) is 0 Å². The molecule has 0 bridgehead atoms. The van der Waals surface area contributed by atoms with Crippen LogP contribution >= 0.6 is 11.3 Å². The summed E-state index contributed by atoms with van der Waals surface area (Å²) in [5.41, 5.74) is 8.46. The van der Waals surface area contributed by atoms with Gasteiger partial charge in [-0.25, -0.2) is 0 Å². The van der Waals surface area contributed by atoms with Crippen LogP contribution in [-0.4, -0.2) is 4.57 Å². The first-order valence-electron chi connectivity index (χ1n) is 5.67. The predicted octanol–water partition coefficient (Wildman–Crippen LogP) is 3.71. The molecule has 86 valence electrons. The summed E-state index contributed by atoms with van der Waals surface area (Å²) >= 11 is 1.74. The lowest BCUT2D eigenvalue weighted by Crippen LogP contribution is -2.03. The van der Waals surface area contributed by atoms with Gasteiger partial charge in [-0.05, 0) is 36.1 Å². The maximum atomic E-state index is 6.04. The van der Waals surface area contributed by atoms with Crippen LogP contribution in [0.4, 0.5) is 0 Å². The van der Waals surface area contributed by atoms with Crippen molar-refractivity contribution in [2.45, 2.75) is 13.0 Å². The van der Waals surface area contributed by atoms with Crippen LogP contribution < -0.4 is 5.73 Å². The average Bonchev–Trinajstić information content (AvgIpc) is 2.95. The molecule has 0 aliphatic carbocycles. The van der Waals surface area contributed by atoms with Gasteiger partial charge < -0.3 is 10.3 Å². The van der Waals surface area contributed by atoms with E-state index in [4.69, 9.17) is 5.73 Å². The molecular weight excluding hydrogens is 228 g/mol. The Morgan fingerprint density at radius 1 is 1.18 bits per heavy atom. The lowest BCUT2D eigenvalue weighted by molar-refractivity contribution is 0.823. The van der Waals surface area contributed by atoms with Crippen molar-refractivity contribution in [1.29, 1.82) is 0 Å². The van der Waals surface area contributed by atoms with Crippen LogP contribution in [0.5, 0.6) is 0 Å². The number of rotatable bonds is 2. The monoisotopic (exact) mass is 242 g/mol. The lowest BCUT2D eigenvalue weighted by Gasteiger charge is -2.01. The molecule has 3 aromatic rings. The third kappa shape index (κ3) is 1.68. The second-order valence-corrected chi connectivity index (χ2v) is 5.14. The number of aromatic nitrogens is 1. The molecule has 1 atom stereocenters. The van der Waals surface area contributed by atoms with Crippen molar-refractivity contribution in [3.8, 4) is 5.00 Å². The number of fused-ring (bicyclic) bond motifs is 1. The molecule has 0 saturated carbocycles. The van der Waals surface area contributed by atoms with Crippen LogP contribution in [0.2, 0.25) is 0 Å². The van der Waals surface area contributed by atoms with E-state index >= 15 is 0 Å². The van der Waals surface area contributed by atoms with Crippen LogP contribution in [-0.2, 0) is 0 Å². The molecule has 0 saturated heterocycles. The molecule has 2 nitrogen and oxygen atoms in total. The van der Waals surface area contributed by atoms with Gasteiger partial charge in [-0.1, -0.05) is 18.2 Å². The molecule has 2 heterocycles. The van der Waals surface area contributed by atoms with E-state index in [1.165, 1.54) is 21.5 Å². The fourth-order valence-electron chi connectivity index (χ4n) is 2.16. The molecule has 1 aromatic carbocycles. The predicted molar refractivity (Wildman–Crippen MR) is 73.8 cm³/mol. The number of para-hydroxylation sites is 1. The summed E-state index contributed by atoms with van der Waals surface area (Å²) in [4.78, 5) is 0. The SMILES string of the molecule is CC(N)c1cn(-c2cccs2)c2ccccc12. The van der Waals surface area contributed by atoms with E-state index in [1.807, 2.05) is 6.92 Å². The third-order valence-electron chi connectivity index (χ3n) is 2.98. The second kappa shape index (κ2) is 4.02. The van der Waals surface area contributed by atoms with Gasteiger partial charge in [0.1, 0.15) is 0 Å². The normalized spacial score (nSPS) is 13.1. The molecular formula is C14H14N2S. The Labute approximate surface area is 104 Å². The highest BCUT2D eigenvalue weighted by molar-refractivity contribution is 7.12. The van der Waals surface area contributed by atoms with Gasteiger partial charge >= 0.3 is 0 Å². The third-order valence-corrected chi connectivity index (χ3v) is 3.84. The van der Waals surface area contributed by atoms with E-state index in [9.17, 15) is 0 Å². The number of thiophene rings is 1. The van der Waals surface area contributed by atoms with Gasteiger partial charge in [0.15, 0.2) is 0 Å². The van der Waals surface area contributed by atoms with E-state index in [0.717, 1.165) is 0 Å². The number of benzene rings is 1. The molecule has 0 aliphatic heterocycles. The number of nitrogens with zero attached hydrogens (tertiary/aromatic N) is 1. The highest BCUT2D eigenvalue weighted by Gasteiger charge is 2.12. The molecule has 1 unspecified atom stereocenters. The molecule has 0 spiro atoms. The van der Waals surface area contributed by atoms with Gasteiger partial charge in [-0.15, -0.1) is 11.3 Å². The first kappa shape index (κ1) is 10.6. The highest BCUT2D eigenvalue weighted by atomic mass is 32.1. The van der Waals surface area contributed by atoms with E-state index in [1.54, 1.807) is 11.3 Å². The Hall–Kier alpha value is -1.58. The zero-order valence-corrected chi connectivity index (χ0v) is 10.4.